The van der Waals surface area contributed by atoms with E-state index in [9.17, 15) is 27.2 Å². The average molecular weight is 412 g/mol. The molecule has 1 aliphatic rings. The third-order valence-electron chi connectivity index (χ3n) is 4.52. The van der Waals surface area contributed by atoms with E-state index in [1.54, 1.807) is 5.32 Å². The molecule has 3 rings (SSSR count). The van der Waals surface area contributed by atoms with E-state index in [1.807, 2.05) is 0 Å². The Morgan fingerprint density at radius 3 is 2.28 bits per heavy atom. The van der Waals surface area contributed by atoms with E-state index in [4.69, 9.17) is 9.22 Å². The summed E-state index contributed by atoms with van der Waals surface area (Å²) in [6.07, 6.45) is 0.391. The molecule has 2 N–H and O–H groups in total. The van der Waals surface area contributed by atoms with Crippen LogP contribution in [0, 0.1) is 23.3 Å². The number of benzene rings is 2. The maximum absolute atomic E-state index is 14.8. The van der Waals surface area contributed by atoms with Gasteiger partial charge in [0.25, 0.3) is 5.91 Å². The van der Waals surface area contributed by atoms with Gasteiger partial charge in [-0.25, -0.2) is 22.4 Å². The lowest BCUT2D eigenvalue weighted by Crippen LogP contribution is -2.19. The van der Waals surface area contributed by atoms with Crippen LogP contribution in [0.4, 0.5) is 23.2 Å². The maximum Gasteiger partial charge on any atom is 0.332 e. The third kappa shape index (κ3) is 3.55. The van der Waals surface area contributed by atoms with Crippen molar-refractivity contribution in [1.29, 1.82) is 0 Å². The van der Waals surface area contributed by atoms with Crippen LogP contribution in [-0.4, -0.2) is 24.0 Å². The van der Waals surface area contributed by atoms with Gasteiger partial charge in [-0.2, -0.15) is 0 Å². The Kier molecular flexibility index (Phi) is 4.54. The molecular weight excluding hydrogens is 394 g/mol. The minimum absolute atomic E-state index is 0.0135. The van der Waals surface area contributed by atoms with Crippen molar-refractivity contribution in [2.45, 2.75) is 19.3 Å². The van der Waals surface area contributed by atoms with E-state index >= 15 is 0 Å². The number of anilines is 1. The molecule has 1 aliphatic carbocycles. The second kappa shape index (κ2) is 7.94. The Morgan fingerprint density at radius 2 is 1.66 bits per heavy atom. The van der Waals surface area contributed by atoms with Crippen molar-refractivity contribution in [3.63, 3.8) is 0 Å². The molecule has 0 fully saturated rings. The molecule has 5 nitrogen and oxygen atoms in total. The van der Waals surface area contributed by atoms with Crippen LogP contribution in [0.3, 0.4) is 0 Å². The fourth-order valence-corrected chi connectivity index (χ4v) is 3.16. The zero-order valence-electron chi connectivity index (χ0n) is 17.6. The van der Waals surface area contributed by atoms with Crippen molar-refractivity contribution >= 4 is 17.6 Å². The number of halogens is 4. The molecule has 0 unspecified atom stereocenters. The van der Waals surface area contributed by atoms with Crippen LogP contribution in [0.25, 0.3) is 11.1 Å². The molecule has 0 aromatic heterocycles. The lowest BCUT2D eigenvalue weighted by molar-refractivity contribution is -0.133. The van der Waals surface area contributed by atoms with Crippen LogP contribution >= 0.6 is 0 Å². The molecule has 0 bridgehead atoms. The zero-order chi connectivity index (χ0) is 23.8. The van der Waals surface area contributed by atoms with Crippen molar-refractivity contribution in [2.24, 2.45) is 0 Å². The van der Waals surface area contributed by atoms with Crippen LogP contribution in [0.2, 0.25) is 0 Å². The van der Waals surface area contributed by atoms with Gasteiger partial charge in [-0.3, -0.25) is 4.79 Å². The molecule has 0 saturated heterocycles. The standard InChI is InChI=1S/C20H15F4NO4/c1-29-12-8-3-2-5-11(12)13-14(21)16(23)18(17(24)15(13)22)25-19(26)9-6-4-7-10(9)20(27)28/h2-3,5,8H,4,6-7H2,1H3,(H,25,26)(H,27,28)/i1D3. The van der Waals surface area contributed by atoms with Gasteiger partial charge < -0.3 is 15.2 Å². The fourth-order valence-electron chi connectivity index (χ4n) is 3.16. The van der Waals surface area contributed by atoms with Crippen LogP contribution in [0.1, 0.15) is 23.4 Å². The average Bonchev–Trinajstić information content (AvgIpc) is 3.20. The summed E-state index contributed by atoms with van der Waals surface area (Å²) in [7, 11) is -3.01. The first kappa shape index (κ1) is 16.6. The van der Waals surface area contributed by atoms with Crippen LogP contribution in [-0.2, 0) is 9.59 Å². The van der Waals surface area contributed by atoms with Gasteiger partial charge in [0.1, 0.15) is 11.4 Å². The minimum atomic E-state index is -3.01. The second-order valence-corrected chi connectivity index (χ2v) is 6.17. The first-order valence-electron chi connectivity index (χ1n) is 9.83. The number of aliphatic carboxylic acids is 1. The lowest BCUT2D eigenvalue weighted by Gasteiger charge is -2.15. The van der Waals surface area contributed by atoms with Gasteiger partial charge in [-0.05, 0) is 25.3 Å². The van der Waals surface area contributed by atoms with Crippen LogP contribution in [0.15, 0.2) is 35.4 Å². The number of carboxylic acids is 1. The molecule has 152 valence electrons. The van der Waals surface area contributed by atoms with Crippen LogP contribution < -0.4 is 10.1 Å². The quantitative estimate of drug-likeness (QED) is 0.563. The highest BCUT2D eigenvalue weighted by Crippen LogP contribution is 2.39. The van der Waals surface area contributed by atoms with Crippen molar-refractivity contribution in [1.82, 2.24) is 0 Å². The number of para-hydroxylation sites is 1. The Labute approximate surface area is 166 Å². The largest absolute Gasteiger partial charge is 0.496 e. The topological polar surface area (TPSA) is 75.6 Å². The number of nitrogens with one attached hydrogen (secondary N) is 1. The predicted molar refractivity (Wildman–Crippen MR) is 95.4 cm³/mol. The first-order chi connectivity index (χ1) is 14.9. The summed E-state index contributed by atoms with van der Waals surface area (Å²) < 4.78 is 85.0. The monoisotopic (exact) mass is 412 g/mol. The molecule has 0 saturated carbocycles. The molecule has 0 heterocycles. The number of carbonyl (C=O) groups is 2. The first-order valence-corrected chi connectivity index (χ1v) is 8.33. The van der Waals surface area contributed by atoms with Crippen molar-refractivity contribution < 1.29 is 41.1 Å². The van der Waals surface area contributed by atoms with E-state index in [-0.39, 0.29) is 24.0 Å². The molecule has 1 amide bonds. The Bertz CT molecular complexity index is 1120. The Hall–Kier alpha value is -3.36. The number of hydrogen-bond acceptors (Lipinski definition) is 3. The normalized spacial score (nSPS) is 15.5. The molecule has 2 aromatic rings. The van der Waals surface area contributed by atoms with E-state index in [0.29, 0.717) is 6.42 Å². The van der Waals surface area contributed by atoms with Gasteiger partial charge in [0, 0.05) is 16.7 Å². The maximum atomic E-state index is 14.8. The number of carbonyl (C=O) groups excluding carboxylic acids is 1. The number of carboxylic acid groups (broad SMARTS) is 1. The molecule has 0 radical (unpaired) electrons. The Balaban J connectivity index is 2.08. The number of ether oxygens (including phenoxy) is 1. The zero-order valence-corrected chi connectivity index (χ0v) is 14.6. The summed E-state index contributed by atoms with van der Waals surface area (Å²) in [6, 6.07) is 4.58. The number of hydrogen-bond donors (Lipinski definition) is 2. The van der Waals surface area contributed by atoms with Crippen molar-refractivity contribution in [3.05, 3.63) is 58.7 Å². The molecule has 2 aromatic carbocycles. The Morgan fingerprint density at radius 1 is 1.03 bits per heavy atom. The molecule has 0 spiro atoms. The summed E-state index contributed by atoms with van der Waals surface area (Å²) in [5.41, 5.74) is -3.74. The van der Waals surface area contributed by atoms with E-state index in [2.05, 4.69) is 4.74 Å². The van der Waals surface area contributed by atoms with Crippen molar-refractivity contribution in [3.8, 4) is 16.9 Å². The summed E-state index contributed by atoms with van der Waals surface area (Å²) in [4.78, 5) is 23.5. The highest BCUT2D eigenvalue weighted by Gasteiger charge is 2.31. The van der Waals surface area contributed by atoms with E-state index < -0.39 is 64.7 Å². The van der Waals surface area contributed by atoms with Gasteiger partial charge in [0.2, 0.25) is 0 Å². The number of methoxy groups -OCH3 is 1. The summed E-state index contributed by atoms with van der Waals surface area (Å²) in [5, 5.41) is 10.8. The third-order valence-corrected chi connectivity index (χ3v) is 4.52. The summed E-state index contributed by atoms with van der Waals surface area (Å²) in [6.45, 7) is 0. The predicted octanol–water partition coefficient (Wildman–Crippen LogP) is 4.42. The van der Waals surface area contributed by atoms with E-state index in [1.165, 1.54) is 12.1 Å². The summed E-state index contributed by atoms with van der Waals surface area (Å²) >= 11 is 0. The second-order valence-electron chi connectivity index (χ2n) is 6.17. The summed E-state index contributed by atoms with van der Waals surface area (Å²) in [5.74, 6) is -10.8. The highest BCUT2D eigenvalue weighted by molar-refractivity contribution is 6.09. The molecule has 29 heavy (non-hydrogen) atoms. The van der Waals surface area contributed by atoms with E-state index in [0.717, 1.165) is 12.1 Å². The van der Waals surface area contributed by atoms with Gasteiger partial charge >= 0.3 is 5.97 Å². The van der Waals surface area contributed by atoms with Gasteiger partial charge in [-0.15, -0.1) is 0 Å². The molecule has 0 aliphatic heterocycles. The lowest BCUT2D eigenvalue weighted by atomic mass is 10.0. The highest BCUT2D eigenvalue weighted by atomic mass is 19.2. The molecule has 0 atom stereocenters. The van der Waals surface area contributed by atoms with Gasteiger partial charge in [-0.1, -0.05) is 18.2 Å². The SMILES string of the molecule is [2H]C([2H])([2H])Oc1ccccc1-c1c(F)c(F)c(NC(=O)C2=C(C(=O)O)CCC2)c(F)c1F. The van der Waals surface area contributed by atoms with Gasteiger partial charge in [0.05, 0.1) is 16.7 Å². The van der Waals surface area contributed by atoms with Crippen LogP contribution in [0.5, 0.6) is 5.75 Å². The van der Waals surface area contributed by atoms with Gasteiger partial charge in [0.15, 0.2) is 23.3 Å². The minimum Gasteiger partial charge on any atom is -0.496 e. The molecule has 9 heteroatoms. The van der Waals surface area contributed by atoms with Crippen molar-refractivity contribution in [2.75, 3.05) is 12.4 Å². The fraction of sp³-hybridized carbons (Fsp3) is 0.200. The smallest absolute Gasteiger partial charge is 0.332 e. The molecular formula is C20H15F4NO4. The number of amides is 1. The number of rotatable bonds is 5.